The second kappa shape index (κ2) is 5.26. The van der Waals surface area contributed by atoms with Gasteiger partial charge in [-0.2, -0.15) is 0 Å². The van der Waals surface area contributed by atoms with E-state index in [0.29, 0.717) is 0 Å². The van der Waals surface area contributed by atoms with E-state index in [2.05, 4.69) is 28.7 Å². The molecule has 0 spiro atoms. The van der Waals surface area contributed by atoms with E-state index < -0.39 is 0 Å². The topological polar surface area (TPSA) is 9.72 Å². The Balaban J connectivity index is 1.28. The van der Waals surface area contributed by atoms with Crippen molar-refractivity contribution >= 4 is 0 Å². The molecule has 4 fully saturated rings. The van der Waals surface area contributed by atoms with Gasteiger partial charge >= 0.3 is 0 Å². The smallest absolute Gasteiger partial charge is 0.0350 e. The molecule has 1 saturated carbocycles. The van der Waals surface area contributed by atoms with Crippen LogP contribution < -0.4 is 0 Å². The van der Waals surface area contributed by atoms with Crippen LogP contribution >= 0.6 is 0 Å². The lowest BCUT2D eigenvalue weighted by Gasteiger charge is -2.42. The predicted molar refractivity (Wildman–Crippen MR) is 82.8 cm³/mol. The Kier molecular flexibility index (Phi) is 3.56. The molecule has 4 rings (SSSR count). The van der Waals surface area contributed by atoms with E-state index in [-0.39, 0.29) is 0 Å². The summed E-state index contributed by atoms with van der Waals surface area (Å²) < 4.78 is 0. The van der Waals surface area contributed by atoms with Crippen LogP contribution in [0.2, 0.25) is 0 Å². The molecule has 3 saturated heterocycles. The highest BCUT2D eigenvalue weighted by Crippen LogP contribution is 2.42. The van der Waals surface area contributed by atoms with Crippen molar-refractivity contribution in [2.75, 3.05) is 46.3 Å². The van der Waals surface area contributed by atoms with E-state index in [9.17, 15) is 0 Å². The number of piperidine rings is 1. The fourth-order valence-corrected chi connectivity index (χ4v) is 5.19. The second-order valence-corrected chi connectivity index (χ2v) is 8.19. The van der Waals surface area contributed by atoms with Crippen molar-refractivity contribution in [2.45, 2.75) is 44.7 Å². The lowest BCUT2D eigenvalue weighted by Crippen LogP contribution is -2.57. The molecule has 3 heterocycles. The van der Waals surface area contributed by atoms with Crippen molar-refractivity contribution in [1.82, 2.24) is 14.7 Å². The minimum absolute atomic E-state index is 0.889. The average molecular weight is 277 g/mol. The molecule has 0 radical (unpaired) electrons. The van der Waals surface area contributed by atoms with Crippen LogP contribution in [0.4, 0.5) is 0 Å². The molecule has 114 valence electrons. The van der Waals surface area contributed by atoms with Gasteiger partial charge in [0, 0.05) is 38.3 Å². The molecule has 3 heteroatoms. The Morgan fingerprint density at radius 3 is 1.90 bits per heavy atom. The van der Waals surface area contributed by atoms with Gasteiger partial charge in [0.15, 0.2) is 0 Å². The maximum absolute atomic E-state index is 2.83. The van der Waals surface area contributed by atoms with Crippen molar-refractivity contribution in [2.24, 2.45) is 17.8 Å². The standard InChI is InChI=1S/C17H31N3/c1-13-3-5-19(6-4-13)16-7-14-9-20(10-15(14)8-16)17-11-18(2)12-17/h13-17H,3-12H2,1-2H3/t14-,15+,16?. The Bertz CT molecular complexity index is 330. The SMILES string of the molecule is CC1CCN(C2C[C@@H]3CN(C4CN(C)C4)C[C@@H]3C2)CC1. The maximum atomic E-state index is 2.83. The Morgan fingerprint density at radius 2 is 1.35 bits per heavy atom. The van der Waals surface area contributed by atoms with E-state index in [1.807, 2.05) is 0 Å². The molecule has 3 nitrogen and oxygen atoms in total. The van der Waals surface area contributed by atoms with E-state index in [0.717, 1.165) is 29.8 Å². The van der Waals surface area contributed by atoms with Gasteiger partial charge in [0.2, 0.25) is 0 Å². The largest absolute Gasteiger partial charge is 0.303 e. The molecule has 0 aromatic carbocycles. The van der Waals surface area contributed by atoms with Crippen molar-refractivity contribution < 1.29 is 0 Å². The predicted octanol–water partition coefficient (Wildman–Crippen LogP) is 1.74. The number of nitrogens with zero attached hydrogens (tertiary/aromatic N) is 3. The van der Waals surface area contributed by atoms with Gasteiger partial charge < -0.3 is 9.80 Å². The summed E-state index contributed by atoms with van der Waals surface area (Å²) in [4.78, 5) is 8.10. The highest BCUT2D eigenvalue weighted by atomic mass is 15.3. The Hall–Kier alpha value is -0.120. The third-order valence-corrected chi connectivity index (χ3v) is 6.65. The molecule has 0 amide bonds. The summed E-state index contributed by atoms with van der Waals surface area (Å²) in [5.41, 5.74) is 0. The number of likely N-dealkylation sites (N-methyl/N-ethyl adjacent to an activating group) is 1. The summed E-state index contributed by atoms with van der Waals surface area (Å²) in [6, 6.07) is 1.82. The summed E-state index contributed by atoms with van der Waals surface area (Å²) in [5, 5.41) is 0. The van der Waals surface area contributed by atoms with Crippen LogP contribution in [0.15, 0.2) is 0 Å². The lowest BCUT2D eigenvalue weighted by molar-refractivity contribution is 0.0588. The van der Waals surface area contributed by atoms with E-state index in [1.54, 1.807) is 0 Å². The molecule has 4 aliphatic rings. The number of rotatable bonds is 2. The molecule has 3 atom stereocenters. The first-order valence-electron chi connectivity index (χ1n) is 8.85. The minimum atomic E-state index is 0.889. The average Bonchev–Trinajstić information content (AvgIpc) is 2.94. The van der Waals surface area contributed by atoms with E-state index in [4.69, 9.17) is 0 Å². The fraction of sp³-hybridized carbons (Fsp3) is 1.00. The zero-order valence-electron chi connectivity index (χ0n) is 13.3. The monoisotopic (exact) mass is 277 g/mol. The van der Waals surface area contributed by atoms with Crippen molar-refractivity contribution in [3.05, 3.63) is 0 Å². The van der Waals surface area contributed by atoms with Gasteiger partial charge in [-0.15, -0.1) is 0 Å². The van der Waals surface area contributed by atoms with Crippen LogP contribution in [0.5, 0.6) is 0 Å². The van der Waals surface area contributed by atoms with Crippen LogP contribution in [0.25, 0.3) is 0 Å². The van der Waals surface area contributed by atoms with Crippen LogP contribution in [0.3, 0.4) is 0 Å². The molecule has 0 bridgehead atoms. The molecule has 1 aliphatic carbocycles. The van der Waals surface area contributed by atoms with Gasteiger partial charge in [0.25, 0.3) is 0 Å². The summed E-state index contributed by atoms with van der Waals surface area (Å²) in [6.07, 6.45) is 5.87. The zero-order valence-corrected chi connectivity index (χ0v) is 13.3. The highest BCUT2D eigenvalue weighted by molar-refractivity contribution is 5.00. The highest BCUT2D eigenvalue weighted by Gasteiger charge is 2.45. The third-order valence-electron chi connectivity index (χ3n) is 6.65. The zero-order chi connectivity index (χ0) is 13.7. The number of fused-ring (bicyclic) bond motifs is 1. The first kappa shape index (κ1) is 13.5. The first-order chi connectivity index (χ1) is 9.69. The third kappa shape index (κ3) is 2.42. The molecule has 1 unspecified atom stereocenters. The van der Waals surface area contributed by atoms with Gasteiger partial charge in [-0.1, -0.05) is 6.92 Å². The van der Waals surface area contributed by atoms with Gasteiger partial charge in [-0.25, -0.2) is 0 Å². The van der Waals surface area contributed by atoms with Gasteiger partial charge in [-0.3, -0.25) is 4.90 Å². The molecular formula is C17H31N3. The Labute approximate surface area is 124 Å². The quantitative estimate of drug-likeness (QED) is 0.761. The van der Waals surface area contributed by atoms with Crippen LogP contribution in [0, 0.1) is 17.8 Å². The molecule has 0 aromatic rings. The van der Waals surface area contributed by atoms with Gasteiger partial charge in [0.05, 0.1) is 0 Å². The second-order valence-electron chi connectivity index (χ2n) is 8.19. The fourth-order valence-electron chi connectivity index (χ4n) is 5.19. The number of hydrogen-bond acceptors (Lipinski definition) is 3. The van der Waals surface area contributed by atoms with Crippen molar-refractivity contribution in [1.29, 1.82) is 0 Å². The molecule has 20 heavy (non-hydrogen) atoms. The summed E-state index contributed by atoms with van der Waals surface area (Å²) in [7, 11) is 2.25. The van der Waals surface area contributed by atoms with Crippen molar-refractivity contribution in [3.63, 3.8) is 0 Å². The van der Waals surface area contributed by atoms with Crippen LogP contribution in [0.1, 0.15) is 32.6 Å². The van der Waals surface area contributed by atoms with E-state index in [1.165, 1.54) is 65.0 Å². The normalized spacial score (nSPS) is 42.0. The number of likely N-dealkylation sites (tertiary alicyclic amines) is 3. The minimum Gasteiger partial charge on any atom is -0.303 e. The molecule has 3 aliphatic heterocycles. The molecule has 0 aromatic heterocycles. The van der Waals surface area contributed by atoms with Crippen molar-refractivity contribution in [3.8, 4) is 0 Å². The lowest BCUT2D eigenvalue weighted by atomic mass is 9.97. The maximum Gasteiger partial charge on any atom is 0.0350 e. The molecule has 0 N–H and O–H groups in total. The van der Waals surface area contributed by atoms with Gasteiger partial charge in [0.1, 0.15) is 0 Å². The van der Waals surface area contributed by atoms with Crippen LogP contribution in [-0.4, -0.2) is 73.1 Å². The van der Waals surface area contributed by atoms with E-state index >= 15 is 0 Å². The van der Waals surface area contributed by atoms with Crippen LogP contribution in [-0.2, 0) is 0 Å². The molecular weight excluding hydrogens is 246 g/mol. The first-order valence-corrected chi connectivity index (χ1v) is 8.85. The Morgan fingerprint density at radius 1 is 0.750 bits per heavy atom. The summed E-state index contributed by atoms with van der Waals surface area (Å²) >= 11 is 0. The summed E-state index contributed by atoms with van der Waals surface area (Å²) in [5.74, 6) is 3.01. The number of hydrogen-bond donors (Lipinski definition) is 0. The van der Waals surface area contributed by atoms with Gasteiger partial charge in [-0.05, 0) is 63.6 Å². The summed E-state index contributed by atoms with van der Waals surface area (Å²) in [6.45, 7) is 10.6.